The number of aromatic nitrogens is 2. The highest BCUT2D eigenvalue weighted by atomic mass is 127. The molecule has 5 nitrogen and oxygen atoms in total. The van der Waals surface area contributed by atoms with E-state index in [0.29, 0.717) is 5.82 Å². The molecule has 0 amide bonds. The Kier molecular flexibility index (Phi) is 3.68. The largest absolute Gasteiger partial charge is 0.469 e. The van der Waals surface area contributed by atoms with Crippen LogP contribution in [0.2, 0.25) is 0 Å². The second kappa shape index (κ2) is 5.66. The quantitative estimate of drug-likeness (QED) is 0.444. The molecule has 25 heavy (non-hydrogen) atoms. The maximum atomic E-state index is 13.5. The summed E-state index contributed by atoms with van der Waals surface area (Å²) < 4.78 is 7.49. The van der Waals surface area contributed by atoms with Gasteiger partial charge in [-0.2, -0.15) is 0 Å². The summed E-state index contributed by atoms with van der Waals surface area (Å²) in [5.74, 6) is 0.0598. The molecule has 1 unspecified atom stereocenters. The molecule has 2 aromatic carbocycles. The van der Waals surface area contributed by atoms with Crippen LogP contribution in [0, 0.1) is 3.57 Å². The van der Waals surface area contributed by atoms with E-state index in [9.17, 15) is 9.59 Å². The van der Waals surface area contributed by atoms with Crippen molar-refractivity contribution in [3.8, 4) is 11.4 Å². The number of imidazole rings is 1. The average molecular weight is 446 g/mol. The zero-order valence-electron chi connectivity index (χ0n) is 13.7. The lowest BCUT2D eigenvalue weighted by molar-refractivity contribution is -0.141. The zero-order chi connectivity index (χ0) is 17.8. The molecule has 4 rings (SSSR count). The molecule has 3 aromatic rings. The maximum Gasteiger partial charge on any atom is 0.306 e. The number of ether oxygens (including phenoxy) is 1. The van der Waals surface area contributed by atoms with Crippen molar-refractivity contribution in [1.29, 1.82) is 0 Å². The van der Waals surface area contributed by atoms with Gasteiger partial charge in [0, 0.05) is 9.13 Å². The summed E-state index contributed by atoms with van der Waals surface area (Å²) in [6, 6.07) is 13.5. The van der Waals surface area contributed by atoms with Crippen LogP contribution in [0.25, 0.3) is 22.4 Å². The van der Waals surface area contributed by atoms with Crippen LogP contribution in [0.4, 0.5) is 0 Å². The van der Waals surface area contributed by atoms with Gasteiger partial charge in [0.05, 0.1) is 30.0 Å². The Bertz CT molecular complexity index is 1040. The van der Waals surface area contributed by atoms with Crippen LogP contribution in [0.1, 0.15) is 23.7 Å². The molecular weight excluding hydrogens is 431 g/mol. The molecule has 1 aliphatic rings. The number of esters is 1. The number of halogens is 1. The smallest absolute Gasteiger partial charge is 0.306 e. The van der Waals surface area contributed by atoms with Crippen molar-refractivity contribution in [2.75, 3.05) is 7.11 Å². The van der Waals surface area contributed by atoms with Crippen molar-refractivity contribution < 1.29 is 14.3 Å². The van der Waals surface area contributed by atoms with E-state index in [-0.39, 0.29) is 12.3 Å². The number of hydrogen-bond acceptors (Lipinski definition) is 4. The molecule has 0 spiro atoms. The maximum absolute atomic E-state index is 13.5. The lowest BCUT2D eigenvalue weighted by atomic mass is 9.74. The van der Waals surface area contributed by atoms with Crippen molar-refractivity contribution in [3.05, 3.63) is 51.6 Å². The van der Waals surface area contributed by atoms with Crippen LogP contribution in [0.3, 0.4) is 0 Å². The zero-order valence-corrected chi connectivity index (χ0v) is 15.9. The van der Waals surface area contributed by atoms with E-state index in [2.05, 4.69) is 27.6 Å². The minimum absolute atomic E-state index is 0.0125. The predicted molar refractivity (Wildman–Crippen MR) is 102 cm³/mol. The monoisotopic (exact) mass is 446 g/mol. The van der Waals surface area contributed by atoms with Gasteiger partial charge in [0.25, 0.3) is 0 Å². The van der Waals surface area contributed by atoms with Crippen molar-refractivity contribution in [2.24, 2.45) is 0 Å². The Balaban J connectivity index is 2.06. The van der Waals surface area contributed by atoms with Crippen LogP contribution in [-0.4, -0.2) is 28.5 Å². The number of hydrogen-bond donors (Lipinski definition) is 0. The summed E-state index contributed by atoms with van der Waals surface area (Å²) in [5, 5.41) is 0. The first-order valence-corrected chi connectivity index (χ1v) is 8.93. The molecule has 1 aromatic heterocycles. The van der Waals surface area contributed by atoms with Gasteiger partial charge in [-0.15, -0.1) is 0 Å². The van der Waals surface area contributed by atoms with Crippen LogP contribution in [0.15, 0.2) is 42.5 Å². The van der Waals surface area contributed by atoms with Crippen molar-refractivity contribution >= 4 is 45.5 Å². The lowest BCUT2D eigenvalue weighted by Crippen LogP contribution is -2.42. The molecule has 0 radical (unpaired) electrons. The number of methoxy groups -OCH3 is 1. The summed E-state index contributed by atoms with van der Waals surface area (Å²) in [7, 11) is 1.34. The van der Waals surface area contributed by atoms with Gasteiger partial charge in [0.15, 0.2) is 0 Å². The highest BCUT2D eigenvalue weighted by Gasteiger charge is 2.46. The Morgan fingerprint density at radius 2 is 2.04 bits per heavy atom. The number of fused-ring (bicyclic) bond motifs is 5. The number of carbonyl (C=O) groups is 2. The lowest BCUT2D eigenvalue weighted by Gasteiger charge is -2.34. The highest BCUT2D eigenvalue weighted by molar-refractivity contribution is 14.1. The molecule has 2 heterocycles. The number of carbonyl (C=O) groups excluding carboxylic acids is 2. The molecule has 0 saturated carbocycles. The summed E-state index contributed by atoms with van der Waals surface area (Å²) in [5.41, 5.74) is 2.21. The number of para-hydroxylation sites is 2. The summed E-state index contributed by atoms with van der Waals surface area (Å²) >= 11 is 2.21. The van der Waals surface area contributed by atoms with E-state index in [1.807, 2.05) is 42.5 Å². The summed E-state index contributed by atoms with van der Waals surface area (Å²) in [6.07, 6.45) is -0.0125. The van der Waals surface area contributed by atoms with Gasteiger partial charge in [-0.25, -0.2) is 4.98 Å². The first kappa shape index (κ1) is 16.3. The highest BCUT2D eigenvalue weighted by Crippen LogP contribution is 2.43. The van der Waals surface area contributed by atoms with E-state index in [1.165, 1.54) is 7.11 Å². The van der Waals surface area contributed by atoms with E-state index >= 15 is 0 Å². The fourth-order valence-electron chi connectivity index (χ4n) is 3.47. The van der Waals surface area contributed by atoms with Gasteiger partial charge in [0.1, 0.15) is 5.82 Å². The fraction of sp³-hybridized carbons (Fsp3) is 0.211. The molecule has 0 saturated heterocycles. The van der Waals surface area contributed by atoms with E-state index in [4.69, 9.17) is 4.74 Å². The second-order valence-corrected chi connectivity index (χ2v) is 7.59. The first-order valence-electron chi connectivity index (χ1n) is 7.85. The minimum Gasteiger partial charge on any atom is -0.469 e. The van der Waals surface area contributed by atoms with Gasteiger partial charge >= 0.3 is 5.97 Å². The van der Waals surface area contributed by atoms with Crippen LogP contribution >= 0.6 is 22.6 Å². The molecule has 1 atom stereocenters. The number of rotatable bonds is 2. The predicted octanol–water partition coefficient (Wildman–Crippen LogP) is 3.78. The van der Waals surface area contributed by atoms with Gasteiger partial charge in [-0.3, -0.25) is 14.2 Å². The Hall–Kier alpha value is -2.22. The third kappa shape index (κ3) is 2.31. The Labute approximate surface area is 158 Å². The Morgan fingerprint density at radius 1 is 1.28 bits per heavy atom. The van der Waals surface area contributed by atoms with E-state index in [0.717, 1.165) is 25.7 Å². The molecule has 126 valence electrons. The third-order valence-electron chi connectivity index (χ3n) is 4.78. The van der Waals surface area contributed by atoms with Crippen molar-refractivity contribution in [2.45, 2.75) is 18.8 Å². The van der Waals surface area contributed by atoms with Gasteiger partial charge in [0.2, 0.25) is 5.91 Å². The van der Waals surface area contributed by atoms with Crippen molar-refractivity contribution in [3.63, 3.8) is 0 Å². The van der Waals surface area contributed by atoms with E-state index < -0.39 is 11.4 Å². The molecular formula is C19H15IN2O3. The molecule has 0 fully saturated rings. The molecule has 0 aliphatic carbocycles. The molecule has 1 aliphatic heterocycles. The van der Waals surface area contributed by atoms with Gasteiger partial charge in [-0.05, 0) is 65.4 Å². The van der Waals surface area contributed by atoms with Gasteiger partial charge in [-0.1, -0.05) is 12.1 Å². The third-order valence-corrected chi connectivity index (χ3v) is 5.45. The second-order valence-electron chi connectivity index (χ2n) is 6.34. The molecule has 0 bridgehead atoms. The summed E-state index contributed by atoms with van der Waals surface area (Å²) in [4.78, 5) is 30.2. The summed E-state index contributed by atoms with van der Waals surface area (Å²) in [6.45, 7) is 1.80. The van der Waals surface area contributed by atoms with Crippen LogP contribution in [-0.2, 0) is 14.9 Å². The van der Waals surface area contributed by atoms with Crippen molar-refractivity contribution in [1.82, 2.24) is 9.55 Å². The minimum atomic E-state index is -1.000. The number of nitrogens with zero attached hydrogens (tertiary/aromatic N) is 2. The molecule has 0 N–H and O–H groups in total. The Morgan fingerprint density at radius 3 is 2.80 bits per heavy atom. The topological polar surface area (TPSA) is 61.2 Å². The van der Waals surface area contributed by atoms with Crippen LogP contribution < -0.4 is 0 Å². The van der Waals surface area contributed by atoms with E-state index in [1.54, 1.807) is 11.5 Å². The first-order chi connectivity index (χ1) is 12.0. The standard InChI is InChI=1S/C19H15IN2O3/c1-19(10-16(23)25-2)13-9-11(20)7-8-12(13)17-21-14-5-3-4-6-15(14)22(17)18(19)24/h3-9H,10H2,1-2H3. The normalized spacial score (nSPS) is 18.8. The van der Waals surface area contributed by atoms with Gasteiger partial charge < -0.3 is 4.74 Å². The average Bonchev–Trinajstić information content (AvgIpc) is 2.99. The fourth-order valence-corrected chi connectivity index (χ4v) is 3.97. The SMILES string of the molecule is COC(=O)CC1(C)C(=O)n2c(nc3ccccc32)-c2ccc(I)cc21. The molecule has 6 heteroatoms. The number of benzene rings is 2. The van der Waals surface area contributed by atoms with Crippen LogP contribution in [0.5, 0.6) is 0 Å².